The van der Waals surface area contributed by atoms with Crippen LogP contribution in [0.2, 0.25) is 0 Å². The molecule has 0 radical (unpaired) electrons. The molecule has 0 saturated carbocycles. The van der Waals surface area contributed by atoms with Gasteiger partial charge in [0.2, 0.25) is 5.91 Å². The molecule has 168 valence electrons. The molecule has 33 heavy (non-hydrogen) atoms. The first-order valence-corrected chi connectivity index (χ1v) is 11.9. The van der Waals surface area contributed by atoms with Crippen LogP contribution in [0.5, 0.6) is 0 Å². The third-order valence-electron chi connectivity index (χ3n) is 6.38. The van der Waals surface area contributed by atoms with Crippen molar-refractivity contribution < 1.29 is 4.79 Å². The number of anilines is 1. The first kappa shape index (κ1) is 21.3. The van der Waals surface area contributed by atoms with Gasteiger partial charge < -0.3 is 10.6 Å². The van der Waals surface area contributed by atoms with Crippen LogP contribution in [0.4, 0.5) is 5.82 Å². The average molecular weight is 459 g/mol. The summed E-state index contributed by atoms with van der Waals surface area (Å²) >= 11 is 1.68. The molecular weight excluding hydrogens is 432 g/mol. The van der Waals surface area contributed by atoms with Crippen LogP contribution in [0.25, 0.3) is 32.0 Å². The van der Waals surface area contributed by atoms with Gasteiger partial charge in [-0.3, -0.25) is 4.79 Å². The summed E-state index contributed by atoms with van der Waals surface area (Å²) in [6.07, 6.45) is 4.66. The highest BCUT2D eigenvalue weighted by Gasteiger charge is 2.28. The van der Waals surface area contributed by atoms with Crippen LogP contribution in [0.3, 0.4) is 0 Å². The van der Waals surface area contributed by atoms with E-state index in [1.54, 1.807) is 11.3 Å². The molecule has 0 aliphatic carbocycles. The molecule has 1 fully saturated rings. The number of thiophene rings is 1. The summed E-state index contributed by atoms with van der Waals surface area (Å²) in [5.41, 5.74) is 11.5. The Kier molecular flexibility index (Phi) is 5.46. The fourth-order valence-corrected chi connectivity index (χ4v) is 5.41. The highest BCUT2D eigenvalue weighted by atomic mass is 32.1. The van der Waals surface area contributed by atoms with E-state index in [4.69, 9.17) is 10.8 Å². The molecule has 0 bridgehead atoms. The Hall–Kier alpha value is -3.52. The van der Waals surface area contributed by atoms with E-state index in [9.17, 15) is 4.79 Å². The number of nitrogens with zero attached hydrogens (tertiary/aromatic N) is 5. The van der Waals surface area contributed by atoms with E-state index >= 15 is 0 Å². The zero-order chi connectivity index (χ0) is 23.1. The molecule has 4 aromatic rings. The van der Waals surface area contributed by atoms with Gasteiger partial charge in [0.05, 0.1) is 16.3 Å². The fraction of sp³-hybridized carbons (Fsp3) is 0.280. The molecule has 1 aliphatic rings. The Bertz CT molecular complexity index is 1370. The molecule has 1 aromatic carbocycles. The van der Waals surface area contributed by atoms with Gasteiger partial charge in [-0.05, 0) is 61.6 Å². The monoisotopic (exact) mass is 458 g/mol. The molecule has 1 aliphatic heterocycles. The lowest BCUT2D eigenvalue weighted by molar-refractivity contribution is -0.127. The second-order valence-corrected chi connectivity index (χ2v) is 9.58. The number of hydrogen-bond donors (Lipinski definition) is 1. The number of likely N-dealkylation sites (tertiary alicyclic amines) is 1. The minimum absolute atomic E-state index is 0.0207. The third kappa shape index (κ3) is 3.80. The zero-order valence-corrected chi connectivity index (χ0v) is 19.6. The largest absolute Gasteiger partial charge is 0.383 e. The predicted octanol–water partition coefficient (Wildman–Crippen LogP) is 4.77. The van der Waals surface area contributed by atoms with Gasteiger partial charge in [-0.25, -0.2) is 14.6 Å². The van der Waals surface area contributed by atoms with Crippen molar-refractivity contribution in [3.05, 3.63) is 60.4 Å². The van der Waals surface area contributed by atoms with Crippen molar-refractivity contribution in [3.8, 4) is 21.0 Å². The lowest BCUT2D eigenvalue weighted by Crippen LogP contribution is -2.40. The van der Waals surface area contributed by atoms with E-state index in [1.807, 2.05) is 9.58 Å². The fourth-order valence-electron chi connectivity index (χ4n) is 4.42. The molecule has 0 unspecified atom stereocenters. The van der Waals surface area contributed by atoms with Gasteiger partial charge in [-0.1, -0.05) is 24.8 Å². The second-order valence-electron chi connectivity index (χ2n) is 8.50. The lowest BCUT2D eigenvalue weighted by Gasteiger charge is -2.32. The smallest absolute Gasteiger partial charge is 0.246 e. The van der Waals surface area contributed by atoms with Gasteiger partial charge in [0.15, 0.2) is 5.65 Å². The average Bonchev–Trinajstić information content (AvgIpc) is 3.46. The lowest BCUT2D eigenvalue weighted by atomic mass is 10.1. The van der Waals surface area contributed by atoms with Gasteiger partial charge in [-0.2, -0.15) is 5.10 Å². The maximum Gasteiger partial charge on any atom is 0.246 e. The molecular formula is C25H26N6OS. The van der Waals surface area contributed by atoms with Crippen molar-refractivity contribution in [2.24, 2.45) is 0 Å². The number of fused-ring (bicyclic) bond motifs is 1. The Morgan fingerprint density at radius 2 is 2.00 bits per heavy atom. The zero-order valence-electron chi connectivity index (χ0n) is 18.8. The molecule has 1 atom stereocenters. The van der Waals surface area contributed by atoms with Gasteiger partial charge in [0.25, 0.3) is 0 Å². The standard InChI is InChI=1S/C25H26N6OS/c1-4-21(32)30-11-5-6-18(13-30)31-25-22(24(26)27-14-28-25)23(29-31)20-10-9-19(33-20)17-8-7-15(2)16(3)12-17/h4,7-10,12,14,18H,1,5-6,11,13H2,2-3H3,(H2,26,27,28)/t18-/m1/s1. The number of nitrogens with two attached hydrogens (primary N) is 1. The highest BCUT2D eigenvalue weighted by Crippen LogP contribution is 2.39. The normalized spacial score (nSPS) is 16.3. The van der Waals surface area contributed by atoms with Crippen molar-refractivity contribution in [2.45, 2.75) is 32.7 Å². The molecule has 0 spiro atoms. The number of piperidine rings is 1. The molecule has 8 heteroatoms. The Labute approximate surface area is 196 Å². The molecule has 5 rings (SSSR count). The van der Waals surface area contributed by atoms with Gasteiger partial charge in [0.1, 0.15) is 17.8 Å². The number of benzene rings is 1. The summed E-state index contributed by atoms with van der Waals surface area (Å²) in [6.45, 7) is 9.18. The minimum Gasteiger partial charge on any atom is -0.383 e. The molecule has 1 amide bonds. The third-order valence-corrected chi connectivity index (χ3v) is 7.52. The van der Waals surface area contributed by atoms with Crippen molar-refractivity contribution in [2.75, 3.05) is 18.8 Å². The first-order chi connectivity index (χ1) is 16.0. The van der Waals surface area contributed by atoms with E-state index < -0.39 is 0 Å². The SMILES string of the molecule is C=CC(=O)N1CCC[C@@H](n2nc(-c3ccc(-c4ccc(C)c(C)c4)s3)c3c(N)ncnc32)C1. The Balaban J connectivity index is 1.57. The maximum atomic E-state index is 12.2. The molecule has 1 saturated heterocycles. The van der Waals surface area contributed by atoms with Gasteiger partial charge in [0, 0.05) is 18.0 Å². The van der Waals surface area contributed by atoms with E-state index in [1.165, 1.54) is 34.0 Å². The van der Waals surface area contributed by atoms with Crippen LogP contribution < -0.4 is 5.73 Å². The predicted molar refractivity (Wildman–Crippen MR) is 133 cm³/mol. The summed E-state index contributed by atoms with van der Waals surface area (Å²) < 4.78 is 1.93. The summed E-state index contributed by atoms with van der Waals surface area (Å²) in [4.78, 5) is 25.0. The topological polar surface area (TPSA) is 89.9 Å². The second kappa shape index (κ2) is 8.44. The van der Waals surface area contributed by atoms with Crippen LogP contribution in [0.15, 0.2) is 49.3 Å². The van der Waals surface area contributed by atoms with Crippen LogP contribution in [-0.2, 0) is 4.79 Å². The van der Waals surface area contributed by atoms with Gasteiger partial charge in [-0.15, -0.1) is 11.3 Å². The Morgan fingerprint density at radius 1 is 1.18 bits per heavy atom. The van der Waals surface area contributed by atoms with E-state index in [0.717, 1.165) is 35.3 Å². The number of amides is 1. The number of nitrogen functional groups attached to an aromatic ring is 1. The molecule has 3 aromatic heterocycles. The molecule has 7 nitrogen and oxygen atoms in total. The summed E-state index contributed by atoms with van der Waals surface area (Å²) in [5.74, 6) is 0.360. The van der Waals surface area contributed by atoms with Crippen LogP contribution in [0.1, 0.15) is 30.0 Å². The van der Waals surface area contributed by atoms with Crippen LogP contribution in [0, 0.1) is 13.8 Å². The van der Waals surface area contributed by atoms with E-state index in [-0.39, 0.29) is 11.9 Å². The number of carbonyl (C=O) groups is 1. The number of carbonyl (C=O) groups excluding carboxylic acids is 1. The Morgan fingerprint density at radius 3 is 2.79 bits per heavy atom. The number of hydrogen-bond acceptors (Lipinski definition) is 6. The van der Waals surface area contributed by atoms with Crippen molar-refractivity contribution >= 4 is 34.1 Å². The van der Waals surface area contributed by atoms with Crippen LogP contribution >= 0.6 is 11.3 Å². The van der Waals surface area contributed by atoms with Crippen molar-refractivity contribution in [1.29, 1.82) is 0 Å². The molecule has 4 heterocycles. The van der Waals surface area contributed by atoms with Crippen LogP contribution in [-0.4, -0.2) is 43.6 Å². The van der Waals surface area contributed by atoms with Crippen molar-refractivity contribution in [3.63, 3.8) is 0 Å². The first-order valence-electron chi connectivity index (χ1n) is 11.0. The minimum atomic E-state index is -0.0539. The highest BCUT2D eigenvalue weighted by molar-refractivity contribution is 7.18. The summed E-state index contributed by atoms with van der Waals surface area (Å²) in [5, 5.41) is 5.75. The quantitative estimate of drug-likeness (QED) is 0.445. The number of aryl methyl sites for hydroxylation is 2. The maximum absolute atomic E-state index is 12.2. The summed E-state index contributed by atoms with van der Waals surface area (Å²) in [7, 11) is 0. The van der Waals surface area contributed by atoms with Gasteiger partial charge >= 0.3 is 0 Å². The number of rotatable bonds is 4. The number of aromatic nitrogens is 4. The van der Waals surface area contributed by atoms with E-state index in [0.29, 0.717) is 18.0 Å². The summed E-state index contributed by atoms with van der Waals surface area (Å²) in [6, 6.07) is 10.8. The molecule has 2 N–H and O–H groups in total. The van der Waals surface area contributed by atoms with E-state index in [2.05, 4.69) is 60.7 Å². The van der Waals surface area contributed by atoms with Crippen molar-refractivity contribution in [1.82, 2.24) is 24.6 Å².